The van der Waals surface area contributed by atoms with E-state index in [2.05, 4.69) is 66.5 Å². The van der Waals surface area contributed by atoms with Crippen molar-refractivity contribution in [2.24, 2.45) is 0 Å². The van der Waals surface area contributed by atoms with Crippen LogP contribution in [0.1, 0.15) is 61.1 Å². The number of H-pyrrole nitrogens is 2. The summed E-state index contributed by atoms with van der Waals surface area (Å²) in [6.07, 6.45) is -1.84. The van der Waals surface area contributed by atoms with Gasteiger partial charge in [-0.2, -0.15) is 26.3 Å². The monoisotopic (exact) mass is 906 g/mol. The zero-order valence-electron chi connectivity index (χ0n) is 34.8. The first-order chi connectivity index (χ1) is 31.2. The van der Waals surface area contributed by atoms with E-state index < -0.39 is 35.7 Å². The molecule has 3 aliphatic rings. The minimum Gasteiger partial charge on any atom is -0.453 e. The topological polar surface area (TPSA) is 208 Å². The first-order valence-electron chi connectivity index (χ1n) is 21.1. The fraction of sp³-hybridized carbons (Fsp3) is 0.395. The predicted molar refractivity (Wildman–Crippen MR) is 230 cm³/mol. The number of carbonyl (C=O) groups is 2. The summed E-state index contributed by atoms with van der Waals surface area (Å²) in [4.78, 5) is 47.6. The molecule has 22 heteroatoms. The number of carbonyl (C=O) groups excluding carboxylic acids is 2. The summed E-state index contributed by atoms with van der Waals surface area (Å²) in [6.45, 7) is 1.91. The van der Waals surface area contributed by atoms with Crippen molar-refractivity contribution in [2.45, 2.75) is 74.9 Å². The molecule has 3 fully saturated rings. The van der Waals surface area contributed by atoms with Crippen LogP contribution in [-0.2, 0) is 21.8 Å². The van der Waals surface area contributed by atoms with E-state index in [0.29, 0.717) is 59.1 Å². The standard InChI is InChI=1S/C43H44F6N12O4/c1-64-40(62)58-22-8-9-26-28(16-52-33(26)13-22)35-30(42(44,45)46)18-55-39(60-35)57-24-6-7-25(51-15-24)20-65-41(63)59-32-11-10-27-29(17-53-37(27)34(32)21-4-5-21)36-31(43(47,48)49)19-54-38(61-36)56-23-3-2-12-50-14-23/h8-11,13,16-19,21,23-25,50-53H,2-7,12,14-15,20H2,1H3,(H,58,62)(H,59,63)(H,54,56,61)(H,55,57,60)/t23-,24-,25?/m0/s1. The number of alkyl halides is 6. The average molecular weight is 907 g/mol. The number of fused-ring (bicyclic) bond motifs is 2. The maximum atomic E-state index is 14.3. The third-order valence-corrected chi connectivity index (χ3v) is 11.8. The Bertz CT molecular complexity index is 2720. The molecule has 65 heavy (non-hydrogen) atoms. The molecule has 342 valence electrons. The maximum Gasteiger partial charge on any atom is 0.419 e. The fourth-order valence-corrected chi connectivity index (χ4v) is 8.46. The van der Waals surface area contributed by atoms with Crippen LogP contribution in [0.15, 0.2) is 55.1 Å². The second-order valence-electron chi connectivity index (χ2n) is 16.3. The Kier molecular flexibility index (Phi) is 11.9. The minimum atomic E-state index is -4.75. The molecule has 0 bridgehead atoms. The van der Waals surface area contributed by atoms with Crippen LogP contribution in [-0.4, -0.2) is 93.6 Å². The van der Waals surface area contributed by atoms with Gasteiger partial charge in [-0.1, -0.05) is 12.1 Å². The number of amides is 2. The second kappa shape index (κ2) is 17.7. The van der Waals surface area contributed by atoms with E-state index in [1.165, 1.54) is 25.6 Å². The first kappa shape index (κ1) is 43.6. The zero-order valence-corrected chi connectivity index (χ0v) is 34.8. The van der Waals surface area contributed by atoms with Crippen LogP contribution in [0, 0.1) is 0 Å². The van der Waals surface area contributed by atoms with Crippen molar-refractivity contribution in [3.63, 3.8) is 0 Å². The van der Waals surface area contributed by atoms with Crippen LogP contribution < -0.4 is 31.9 Å². The number of halogens is 6. The molecule has 1 saturated carbocycles. The Labute approximate surface area is 366 Å². The van der Waals surface area contributed by atoms with Crippen molar-refractivity contribution < 1.29 is 45.4 Å². The molecule has 2 aromatic carbocycles. The molecule has 0 radical (unpaired) electrons. The van der Waals surface area contributed by atoms with E-state index in [1.54, 1.807) is 24.3 Å². The Morgan fingerprint density at radius 1 is 0.769 bits per heavy atom. The second-order valence-corrected chi connectivity index (χ2v) is 16.3. The number of nitrogens with zero attached hydrogens (tertiary/aromatic N) is 4. The fourth-order valence-electron chi connectivity index (χ4n) is 8.46. The number of piperidine rings is 2. The predicted octanol–water partition coefficient (Wildman–Crippen LogP) is 8.60. The third-order valence-electron chi connectivity index (χ3n) is 11.8. The van der Waals surface area contributed by atoms with Crippen molar-refractivity contribution in [2.75, 3.05) is 54.6 Å². The lowest BCUT2D eigenvalue weighted by Gasteiger charge is -2.30. The van der Waals surface area contributed by atoms with Crippen molar-refractivity contribution >= 4 is 57.3 Å². The maximum absolute atomic E-state index is 14.3. The highest BCUT2D eigenvalue weighted by Crippen LogP contribution is 2.49. The van der Waals surface area contributed by atoms with Gasteiger partial charge in [0.1, 0.15) is 17.7 Å². The molecule has 0 spiro atoms. The molecule has 1 aliphatic carbocycles. The molecule has 6 aromatic rings. The smallest absolute Gasteiger partial charge is 0.419 e. The summed E-state index contributed by atoms with van der Waals surface area (Å²) in [5.74, 6) is 0.180. The number of hydrogen-bond donors (Lipinski definition) is 8. The van der Waals surface area contributed by atoms with Gasteiger partial charge in [-0.15, -0.1) is 0 Å². The lowest BCUT2D eigenvalue weighted by atomic mass is 10.00. The minimum absolute atomic E-state index is 0.00292. The van der Waals surface area contributed by atoms with Gasteiger partial charge >= 0.3 is 24.5 Å². The zero-order chi connectivity index (χ0) is 45.5. The number of benzene rings is 2. The third kappa shape index (κ3) is 9.58. The number of ether oxygens (including phenoxy) is 2. The number of anilines is 4. The van der Waals surface area contributed by atoms with Gasteiger partial charge in [0.2, 0.25) is 11.9 Å². The summed E-state index contributed by atoms with van der Waals surface area (Å²) in [5.41, 5.74) is 0.590. The average Bonchev–Trinajstić information content (AvgIpc) is 3.89. The van der Waals surface area contributed by atoms with Crippen LogP contribution in [0.2, 0.25) is 0 Å². The Morgan fingerprint density at radius 2 is 1.43 bits per heavy atom. The van der Waals surface area contributed by atoms with Gasteiger partial charge in [0.25, 0.3) is 0 Å². The van der Waals surface area contributed by atoms with Gasteiger partial charge in [0, 0.05) is 100 Å². The molecule has 8 N–H and O–H groups in total. The van der Waals surface area contributed by atoms with Gasteiger partial charge in [-0.3, -0.25) is 10.6 Å². The quantitative estimate of drug-likeness (QED) is 0.0575. The molecule has 4 aromatic heterocycles. The normalized spacial score (nSPS) is 19.2. The highest BCUT2D eigenvalue weighted by atomic mass is 19.4. The van der Waals surface area contributed by atoms with E-state index in [9.17, 15) is 35.9 Å². The van der Waals surface area contributed by atoms with Crippen LogP contribution >= 0.6 is 0 Å². The van der Waals surface area contributed by atoms with E-state index in [0.717, 1.165) is 50.2 Å². The summed E-state index contributed by atoms with van der Waals surface area (Å²) in [6, 6.07) is 7.49. The molecule has 1 unspecified atom stereocenters. The van der Waals surface area contributed by atoms with Gasteiger partial charge < -0.3 is 40.7 Å². The van der Waals surface area contributed by atoms with Gasteiger partial charge in [0.05, 0.1) is 24.0 Å². The summed E-state index contributed by atoms with van der Waals surface area (Å²) < 4.78 is 95.8. The van der Waals surface area contributed by atoms with Crippen molar-refractivity contribution in [3.05, 3.63) is 71.8 Å². The molecule has 3 atom stereocenters. The van der Waals surface area contributed by atoms with E-state index in [-0.39, 0.29) is 65.1 Å². The van der Waals surface area contributed by atoms with Crippen LogP contribution in [0.4, 0.5) is 59.2 Å². The summed E-state index contributed by atoms with van der Waals surface area (Å²) >= 11 is 0. The van der Waals surface area contributed by atoms with E-state index in [1.807, 2.05) is 0 Å². The summed E-state index contributed by atoms with van der Waals surface area (Å²) in [5, 5.41) is 19.2. The first-order valence-corrected chi connectivity index (χ1v) is 21.1. The number of nitrogens with one attached hydrogen (secondary N) is 8. The van der Waals surface area contributed by atoms with E-state index >= 15 is 0 Å². The molecule has 2 amide bonds. The summed E-state index contributed by atoms with van der Waals surface area (Å²) in [7, 11) is 1.21. The molecular weight excluding hydrogens is 863 g/mol. The molecule has 16 nitrogen and oxygen atoms in total. The highest BCUT2D eigenvalue weighted by molar-refractivity contribution is 6.02. The van der Waals surface area contributed by atoms with Gasteiger partial charge in [-0.05, 0) is 69.2 Å². The van der Waals surface area contributed by atoms with Gasteiger partial charge in [0.15, 0.2) is 0 Å². The number of methoxy groups -OCH3 is 1. The molecule has 9 rings (SSSR count). The van der Waals surface area contributed by atoms with Crippen molar-refractivity contribution in [1.82, 2.24) is 40.5 Å². The van der Waals surface area contributed by atoms with E-state index in [4.69, 9.17) is 4.74 Å². The lowest BCUT2D eigenvalue weighted by Crippen LogP contribution is -2.47. The van der Waals surface area contributed by atoms with Crippen LogP contribution in [0.5, 0.6) is 0 Å². The van der Waals surface area contributed by atoms with Crippen LogP contribution in [0.3, 0.4) is 0 Å². The molecular formula is C43H44F6N12O4. The molecule has 2 saturated heterocycles. The van der Waals surface area contributed by atoms with Gasteiger partial charge in [-0.25, -0.2) is 29.5 Å². The number of aromatic nitrogens is 6. The SMILES string of the molecule is COC(=O)Nc1ccc2c(-c3nc(N[C@H]4CCC(COC(=O)Nc5ccc6c(-c7nc(N[C@H]8CCCNC8)ncc7C(F)(F)F)c[nH]c6c5C5CC5)NC4)ncc3C(F)(F)F)c[nH]c2c1. The number of aromatic amines is 2. The molecule has 6 heterocycles. The Hall–Kier alpha value is -6.68. The van der Waals surface area contributed by atoms with Crippen molar-refractivity contribution in [1.29, 1.82) is 0 Å². The highest BCUT2D eigenvalue weighted by Gasteiger charge is 2.38. The lowest BCUT2D eigenvalue weighted by molar-refractivity contribution is -0.138. The molecule has 2 aliphatic heterocycles. The number of hydrogen-bond acceptors (Lipinski definition) is 12. The number of rotatable bonds is 11. The van der Waals surface area contributed by atoms with Crippen molar-refractivity contribution in [3.8, 4) is 22.5 Å². The Morgan fingerprint density at radius 3 is 2.05 bits per heavy atom. The largest absolute Gasteiger partial charge is 0.453 e. The Balaban J connectivity index is 0.839. The van der Waals surface area contributed by atoms with Crippen LogP contribution in [0.25, 0.3) is 44.3 Å².